The van der Waals surface area contributed by atoms with Crippen molar-refractivity contribution in [1.82, 2.24) is 0 Å². The van der Waals surface area contributed by atoms with Crippen LogP contribution in [0.3, 0.4) is 0 Å². The third-order valence-electron chi connectivity index (χ3n) is 1.90. The molecule has 17 heavy (non-hydrogen) atoms. The summed E-state index contributed by atoms with van der Waals surface area (Å²) in [6.07, 6.45) is 0.227. The highest BCUT2D eigenvalue weighted by atomic mass is 35.7. The number of hydrogen-bond donors (Lipinski definition) is 0. The van der Waals surface area contributed by atoms with Crippen LogP contribution < -0.4 is 4.74 Å². The molecule has 9 heteroatoms. The first-order valence-corrected chi connectivity index (χ1v) is 6.39. The summed E-state index contributed by atoms with van der Waals surface area (Å²) in [6, 6.07) is 1.96. The molecule has 0 saturated heterocycles. The fraction of sp³-hybridized carbons (Fsp3) is 0.125. The second-order valence-electron chi connectivity index (χ2n) is 2.85. The van der Waals surface area contributed by atoms with E-state index >= 15 is 0 Å². The molecule has 0 amide bonds. The number of nitro benzene ring substituents is 1. The zero-order chi connectivity index (χ0) is 13.2. The molecule has 0 heterocycles. The lowest BCUT2D eigenvalue weighted by molar-refractivity contribution is -0.386. The second-order valence-corrected chi connectivity index (χ2v) is 5.38. The van der Waals surface area contributed by atoms with Crippen LogP contribution in [0.25, 0.3) is 0 Å². The van der Waals surface area contributed by atoms with Crippen LogP contribution in [-0.4, -0.2) is 26.7 Å². The molecule has 0 aromatic heterocycles. The average molecular weight is 280 g/mol. The predicted molar refractivity (Wildman–Crippen MR) is 58.1 cm³/mol. The lowest BCUT2D eigenvalue weighted by Gasteiger charge is -2.07. The van der Waals surface area contributed by atoms with E-state index in [1.165, 1.54) is 0 Å². The number of methoxy groups -OCH3 is 1. The number of nitrogens with zero attached hydrogens (tertiary/aromatic N) is 1. The number of ether oxygens (including phenoxy) is 1. The van der Waals surface area contributed by atoms with Gasteiger partial charge in [-0.15, -0.1) is 0 Å². The number of hydrogen-bond acceptors (Lipinski definition) is 6. The van der Waals surface area contributed by atoms with Crippen molar-refractivity contribution in [2.24, 2.45) is 0 Å². The van der Waals surface area contributed by atoms with E-state index in [1.54, 1.807) is 0 Å². The first-order chi connectivity index (χ1) is 7.82. The van der Waals surface area contributed by atoms with Crippen molar-refractivity contribution in [3.8, 4) is 5.75 Å². The highest BCUT2D eigenvalue weighted by Crippen LogP contribution is 2.37. The molecule has 1 aromatic carbocycles. The Labute approximate surface area is 101 Å². The largest absolute Gasteiger partial charge is 0.489 e. The molecule has 0 radical (unpaired) electrons. The van der Waals surface area contributed by atoms with Gasteiger partial charge in [-0.3, -0.25) is 14.9 Å². The summed E-state index contributed by atoms with van der Waals surface area (Å²) in [5.41, 5.74) is -1.03. The minimum absolute atomic E-state index is 0.227. The van der Waals surface area contributed by atoms with Gasteiger partial charge in [0.2, 0.25) is 5.75 Å². The van der Waals surface area contributed by atoms with E-state index < -0.39 is 30.3 Å². The molecule has 7 nitrogen and oxygen atoms in total. The molecule has 0 aliphatic heterocycles. The third-order valence-corrected chi connectivity index (χ3v) is 3.25. The van der Waals surface area contributed by atoms with Gasteiger partial charge < -0.3 is 4.74 Å². The Morgan fingerprint density at radius 1 is 1.47 bits per heavy atom. The summed E-state index contributed by atoms with van der Waals surface area (Å²) in [7, 11) is 1.94. The van der Waals surface area contributed by atoms with Gasteiger partial charge in [0, 0.05) is 10.7 Å². The molecule has 0 atom stereocenters. The Morgan fingerprint density at radius 3 is 2.41 bits per heavy atom. The standard InChI is InChI=1S/C8H6ClNO6S/c1-16-8-6(17(9,14)15)3-2-5(4-11)7(8)10(12)13/h2-4H,1H3. The SMILES string of the molecule is COc1c(S(=O)(=O)Cl)ccc(C=O)c1[N+](=O)[O-]. The lowest BCUT2D eigenvalue weighted by Crippen LogP contribution is -2.03. The normalized spacial score (nSPS) is 10.9. The summed E-state index contributed by atoms with van der Waals surface area (Å²) in [5.74, 6) is -0.561. The molecule has 0 unspecified atom stereocenters. The van der Waals surface area contributed by atoms with Crippen molar-refractivity contribution in [2.45, 2.75) is 4.90 Å². The van der Waals surface area contributed by atoms with E-state index in [0.29, 0.717) is 0 Å². The van der Waals surface area contributed by atoms with Crippen LogP contribution in [0, 0.1) is 10.1 Å². The van der Waals surface area contributed by atoms with Gasteiger partial charge in [0.15, 0.2) is 6.29 Å². The molecular formula is C8H6ClNO6S. The Hall–Kier alpha value is -1.67. The molecule has 0 bridgehead atoms. The van der Waals surface area contributed by atoms with Crippen molar-refractivity contribution in [2.75, 3.05) is 7.11 Å². The van der Waals surface area contributed by atoms with E-state index in [9.17, 15) is 23.3 Å². The summed E-state index contributed by atoms with van der Waals surface area (Å²) in [4.78, 5) is 19.9. The summed E-state index contributed by atoms with van der Waals surface area (Å²) < 4.78 is 27.0. The summed E-state index contributed by atoms with van der Waals surface area (Å²) >= 11 is 0. The zero-order valence-electron chi connectivity index (χ0n) is 8.41. The third kappa shape index (κ3) is 2.53. The molecule has 0 aliphatic carbocycles. The summed E-state index contributed by atoms with van der Waals surface area (Å²) in [5, 5.41) is 10.8. The Bertz CT molecular complexity index is 582. The first kappa shape index (κ1) is 13.4. The van der Waals surface area contributed by atoms with Gasteiger partial charge in [-0.05, 0) is 12.1 Å². The van der Waals surface area contributed by atoms with Gasteiger partial charge in [0.25, 0.3) is 9.05 Å². The quantitative estimate of drug-likeness (QED) is 0.356. The molecule has 0 fully saturated rings. The smallest absolute Gasteiger partial charge is 0.322 e. The van der Waals surface area contributed by atoms with Gasteiger partial charge in [-0.1, -0.05) is 0 Å². The van der Waals surface area contributed by atoms with E-state index in [2.05, 4.69) is 4.74 Å². The van der Waals surface area contributed by atoms with E-state index in [0.717, 1.165) is 19.2 Å². The van der Waals surface area contributed by atoms with E-state index in [-0.39, 0.29) is 11.8 Å². The molecule has 0 saturated carbocycles. The Balaban J connectivity index is 3.76. The zero-order valence-corrected chi connectivity index (χ0v) is 9.99. The minimum Gasteiger partial charge on any atom is -0.489 e. The molecule has 1 aromatic rings. The van der Waals surface area contributed by atoms with Crippen LogP contribution in [0.5, 0.6) is 5.75 Å². The number of aldehydes is 1. The van der Waals surface area contributed by atoms with Gasteiger partial charge >= 0.3 is 5.69 Å². The van der Waals surface area contributed by atoms with Gasteiger partial charge in [0.1, 0.15) is 4.90 Å². The highest BCUT2D eigenvalue weighted by molar-refractivity contribution is 8.13. The summed E-state index contributed by atoms with van der Waals surface area (Å²) in [6.45, 7) is 0. The number of halogens is 1. The highest BCUT2D eigenvalue weighted by Gasteiger charge is 2.29. The molecular weight excluding hydrogens is 274 g/mol. The topological polar surface area (TPSA) is 104 Å². The van der Waals surface area contributed by atoms with Crippen LogP contribution in [0.2, 0.25) is 0 Å². The van der Waals surface area contributed by atoms with E-state index in [1.807, 2.05) is 0 Å². The van der Waals surface area contributed by atoms with Crippen molar-refractivity contribution < 1.29 is 22.9 Å². The van der Waals surface area contributed by atoms with Gasteiger partial charge in [-0.2, -0.15) is 0 Å². The maximum absolute atomic E-state index is 11.2. The molecule has 0 aliphatic rings. The lowest BCUT2D eigenvalue weighted by atomic mass is 10.2. The number of nitro groups is 1. The fourth-order valence-corrected chi connectivity index (χ4v) is 2.24. The van der Waals surface area contributed by atoms with Gasteiger partial charge in [-0.25, -0.2) is 8.42 Å². The van der Waals surface area contributed by atoms with Crippen molar-refractivity contribution >= 4 is 31.7 Å². The van der Waals surface area contributed by atoms with Crippen LogP contribution in [-0.2, 0) is 9.05 Å². The Morgan fingerprint density at radius 2 is 2.06 bits per heavy atom. The maximum Gasteiger partial charge on any atom is 0.322 e. The van der Waals surface area contributed by atoms with E-state index in [4.69, 9.17) is 10.7 Å². The number of carbonyl (C=O) groups is 1. The van der Waals surface area contributed by atoms with Crippen LogP contribution in [0.4, 0.5) is 5.69 Å². The number of carbonyl (C=O) groups excluding carboxylic acids is 1. The van der Waals surface area contributed by atoms with Crippen LogP contribution in [0.1, 0.15) is 10.4 Å². The van der Waals surface area contributed by atoms with Gasteiger partial charge in [0.05, 0.1) is 17.6 Å². The van der Waals surface area contributed by atoms with Crippen molar-refractivity contribution in [1.29, 1.82) is 0 Å². The molecule has 0 spiro atoms. The maximum atomic E-state index is 11.2. The van der Waals surface area contributed by atoms with Crippen molar-refractivity contribution in [3.05, 3.63) is 27.8 Å². The molecule has 92 valence electrons. The van der Waals surface area contributed by atoms with Crippen LogP contribution >= 0.6 is 10.7 Å². The van der Waals surface area contributed by atoms with Crippen LogP contribution in [0.15, 0.2) is 17.0 Å². The average Bonchev–Trinajstić information content (AvgIpc) is 2.25. The molecule has 0 N–H and O–H groups in total. The first-order valence-electron chi connectivity index (χ1n) is 4.08. The predicted octanol–water partition coefficient (Wildman–Crippen LogP) is 1.34. The number of benzene rings is 1. The fourth-order valence-electron chi connectivity index (χ4n) is 1.24. The number of rotatable bonds is 4. The molecule has 1 rings (SSSR count). The van der Waals surface area contributed by atoms with Crippen molar-refractivity contribution in [3.63, 3.8) is 0 Å². The minimum atomic E-state index is -4.20. The Kier molecular flexibility index (Phi) is 3.69. The monoisotopic (exact) mass is 279 g/mol. The second kappa shape index (κ2) is 4.68.